The highest BCUT2D eigenvalue weighted by atomic mass is 19.1. The number of hydrogen-bond donors (Lipinski definition) is 2. The van der Waals surface area contributed by atoms with Gasteiger partial charge in [-0.1, -0.05) is 6.07 Å². The first-order chi connectivity index (χ1) is 12.4. The van der Waals surface area contributed by atoms with Crippen LogP contribution in [-0.2, 0) is 13.6 Å². The molecule has 0 saturated heterocycles. The van der Waals surface area contributed by atoms with Gasteiger partial charge in [0.15, 0.2) is 5.96 Å². The van der Waals surface area contributed by atoms with Crippen LogP contribution in [0.5, 0.6) is 0 Å². The van der Waals surface area contributed by atoms with E-state index in [1.165, 1.54) is 11.8 Å². The van der Waals surface area contributed by atoms with E-state index < -0.39 is 0 Å². The van der Waals surface area contributed by atoms with E-state index in [0.717, 1.165) is 12.5 Å². The van der Waals surface area contributed by atoms with E-state index >= 15 is 0 Å². The molecule has 0 saturated carbocycles. The molecule has 0 aliphatic rings. The molecule has 6 nitrogen and oxygen atoms in total. The number of aryl methyl sites for hydroxylation is 2. The molecule has 1 aromatic heterocycles. The second kappa shape index (κ2) is 9.03. The van der Waals surface area contributed by atoms with Crippen molar-refractivity contribution in [3.05, 3.63) is 59.2 Å². The topological polar surface area (TPSA) is 61.7 Å². The number of hydrogen-bond acceptors (Lipinski definition) is 2. The van der Waals surface area contributed by atoms with Crippen LogP contribution in [0.4, 0.5) is 4.39 Å². The lowest BCUT2D eigenvalue weighted by Gasteiger charge is -2.22. The van der Waals surface area contributed by atoms with Crippen molar-refractivity contribution in [1.29, 1.82) is 0 Å². The molecule has 0 atom stereocenters. The van der Waals surface area contributed by atoms with E-state index in [0.29, 0.717) is 24.2 Å². The third-order valence-electron chi connectivity index (χ3n) is 4.15. The van der Waals surface area contributed by atoms with Crippen LogP contribution >= 0.6 is 0 Å². The quantitative estimate of drug-likeness (QED) is 0.471. The zero-order valence-electron chi connectivity index (χ0n) is 15.7. The molecule has 0 aliphatic carbocycles. The average molecular weight is 359 g/mol. The van der Waals surface area contributed by atoms with E-state index in [4.69, 9.17) is 0 Å². The number of guanidine groups is 1. The number of halogens is 1. The van der Waals surface area contributed by atoms with Crippen LogP contribution in [-0.4, -0.2) is 48.5 Å². The first-order valence-electron chi connectivity index (χ1n) is 8.48. The fourth-order valence-corrected chi connectivity index (χ4v) is 2.55. The molecule has 0 bridgehead atoms. The van der Waals surface area contributed by atoms with Gasteiger partial charge in [0.2, 0.25) is 0 Å². The van der Waals surface area contributed by atoms with E-state index in [1.54, 1.807) is 26.1 Å². The minimum atomic E-state index is -0.376. The molecule has 7 heteroatoms. The average Bonchev–Trinajstić information content (AvgIpc) is 3.01. The predicted molar refractivity (Wildman–Crippen MR) is 102 cm³/mol. The standard InChI is InChI=1S/C19H26FN5O/c1-14-7-8-15(12-17(14)20)18(26)22-9-10-23-19(21-2)25(4)13-16-6-5-11-24(16)3/h5-8,11-12H,9-10,13H2,1-4H3,(H,21,23)(H,22,26). The minimum Gasteiger partial charge on any atom is -0.354 e. The highest BCUT2D eigenvalue weighted by Crippen LogP contribution is 2.09. The van der Waals surface area contributed by atoms with E-state index in [9.17, 15) is 9.18 Å². The molecule has 0 radical (unpaired) electrons. The Balaban J connectivity index is 1.79. The molecule has 0 fully saturated rings. The van der Waals surface area contributed by atoms with Crippen LogP contribution in [0.3, 0.4) is 0 Å². The molecule has 1 aromatic carbocycles. The van der Waals surface area contributed by atoms with Crippen LogP contribution < -0.4 is 10.6 Å². The normalized spacial score (nSPS) is 11.3. The predicted octanol–water partition coefficient (Wildman–Crippen LogP) is 1.91. The van der Waals surface area contributed by atoms with Gasteiger partial charge >= 0.3 is 0 Å². The SMILES string of the molecule is CN=C(NCCNC(=O)c1ccc(C)c(F)c1)N(C)Cc1cccn1C. The van der Waals surface area contributed by atoms with E-state index in [1.807, 2.05) is 31.3 Å². The number of amides is 1. The van der Waals surface area contributed by atoms with Crippen LogP contribution in [0, 0.1) is 12.7 Å². The van der Waals surface area contributed by atoms with Crippen molar-refractivity contribution >= 4 is 11.9 Å². The summed E-state index contributed by atoms with van der Waals surface area (Å²) < 4.78 is 15.6. The second-order valence-electron chi connectivity index (χ2n) is 6.16. The summed E-state index contributed by atoms with van der Waals surface area (Å²) >= 11 is 0. The maximum Gasteiger partial charge on any atom is 0.251 e. The molecule has 1 amide bonds. The number of carbonyl (C=O) groups is 1. The first-order valence-corrected chi connectivity index (χ1v) is 8.48. The molecular formula is C19H26FN5O. The highest BCUT2D eigenvalue weighted by molar-refractivity contribution is 5.94. The highest BCUT2D eigenvalue weighted by Gasteiger charge is 2.10. The van der Waals surface area contributed by atoms with Crippen molar-refractivity contribution in [1.82, 2.24) is 20.1 Å². The Morgan fingerprint density at radius 2 is 2.00 bits per heavy atom. The third kappa shape index (κ3) is 5.08. The van der Waals surface area contributed by atoms with Crippen LogP contribution in [0.1, 0.15) is 21.6 Å². The molecule has 0 spiro atoms. The zero-order chi connectivity index (χ0) is 19.1. The summed E-state index contributed by atoms with van der Waals surface area (Å²) in [5, 5.41) is 5.98. The molecule has 2 N–H and O–H groups in total. The molecule has 1 heterocycles. The van der Waals surface area contributed by atoms with Crippen molar-refractivity contribution in [2.45, 2.75) is 13.5 Å². The van der Waals surface area contributed by atoms with Gasteiger partial charge in [0, 0.05) is 51.7 Å². The van der Waals surface area contributed by atoms with Gasteiger partial charge in [0.1, 0.15) is 5.82 Å². The van der Waals surface area contributed by atoms with Gasteiger partial charge in [-0.05, 0) is 36.8 Å². The van der Waals surface area contributed by atoms with Gasteiger partial charge in [-0.25, -0.2) is 4.39 Å². The van der Waals surface area contributed by atoms with Crippen molar-refractivity contribution in [2.24, 2.45) is 12.0 Å². The Morgan fingerprint density at radius 3 is 2.62 bits per heavy atom. The van der Waals surface area contributed by atoms with Crippen LogP contribution in [0.15, 0.2) is 41.5 Å². The summed E-state index contributed by atoms with van der Waals surface area (Å²) in [7, 11) is 5.68. The van der Waals surface area contributed by atoms with E-state index in [-0.39, 0.29) is 11.7 Å². The lowest BCUT2D eigenvalue weighted by atomic mass is 10.1. The number of nitrogens with one attached hydrogen (secondary N) is 2. The lowest BCUT2D eigenvalue weighted by molar-refractivity contribution is 0.0954. The van der Waals surface area contributed by atoms with Gasteiger partial charge in [0.25, 0.3) is 5.91 Å². The van der Waals surface area contributed by atoms with Crippen molar-refractivity contribution < 1.29 is 9.18 Å². The monoisotopic (exact) mass is 359 g/mol. The summed E-state index contributed by atoms with van der Waals surface area (Å²) in [5.74, 6) is 0.0677. The summed E-state index contributed by atoms with van der Waals surface area (Å²) in [6, 6.07) is 8.54. The molecule has 140 valence electrons. The Hall–Kier alpha value is -2.83. The summed E-state index contributed by atoms with van der Waals surface area (Å²) in [4.78, 5) is 18.3. The fourth-order valence-electron chi connectivity index (χ4n) is 2.55. The second-order valence-corrected chi connectivity index (χ2v) is 6.16. The zero-order valence-corrected chi connectivity index (χ0v) is 15.7. The van der Waals surface area contributed by atoms with Gasteiger partial charge in [-0.2, -0.15) is 0 Å². The number of carbonyl (C=O) groups excluding carboxylic acids is 1. The lowest BCUT2D eigenvalue weighted by Crippen LogP contribution is -2.42. The first kappa shape index (κ1) is 19.5. The minimum absolute atomic E-state index is 0.294. The summed E-state index contributed by atoms with van der Waals surface area (Å²) in [5.41, 5.74) is 2.01. The Bertz CT molecular complexity index is 784. The van der Waals surface area contributed by atoms with Crippen molar-refractivity contribution in [2.75, 3.05) is 27.2 Å². The Morgan fingerprint density at radius 1 is 1.27 bits per heavy atom. The summed E-state index contributed by atoms with van der Waals surface area (Å²) in [6.45, 7) is 3.31. The third-order valence-corrected chi connectivity index (χ3v) is 4.15. The number of aromatic nitrogens is 1. The van der Waals surface area contributed by atoms with E-state index in [2.05, 4.69) is 26.3 Å². The van der Waals surface area contributed by atoms with Gasteiger partial charge in [-0.3, -0.25) is 9.79 Å². The molecule has 2 rings (SSSR count). The van der Waals surface area contributed by atoms with Crippen molar-refractivity contribution in [3.63, 3.8) is 0 Å². The molecule has 0 aliphatic heterocycles. The largest absolute Gasteiger partial charge is 0.354 e. The maximum absolute atomic E-state index is 13.5. The fraction of sp³-hybridized carbons (Fsp3) is 0.368. The Kier molecular flexibility index (Phi) is 6.77. The smallest absolute Gasteiger partial charge is 0.251 e. The molecule has 0 unspecified atom stereocenters. The van der Waals surface area contributed by atoms with Gasteiger partial charge < -0.3 is 20.1 Å². The Labute approximate surface area is 153 Å². The number of nitrogens with zero attached hydrogens (tertiary/aromatic N) is 3. The van der Waals surface area contributed by atoms with Gasteiger partial charge in [0.05, 0.1) is 6.54 Å². The summed E-state index contributed by atoms with van der Waals surface area (Å²) in [6.07, 6.45) is 2.00. The number of rotatable bonds is 6. The number of benzene rings is 1. The molecular weight excluding hydrogens is 333 g/mol. The maximum atomic E-state index is 13.5. The van der Waals surface area contributed by atoms with Crippen LogP contribution in [0.2, 0.25) is 0 Å². The number of aliphatic imine (C=N–C) groups is 1. The van der Waals surface area contributed by atoms with Crippen molar-refractivity contribution in [3.8, 4) is 0 Å². The van der Waals surface area contributed by atoms with Gasteiger partial charge in [-0.15, -0.1) is 0 Å². The molecule has 26 heavy (non-hydrogen) atoms. The van der Waals surface area contributed by atoms with Crippen LogP contribution in [0.25, 0.3) is 0 Å². The molecule has 2 aromatic rings.